The summed E-state index contributed by atoms with van der Waals surface area (Å²) in [5.74, 6) is 1.08. The van der Waals surface area contributed by atoms with Gasteiger partial charge in [0.2, 0.25) is 0 Å². The molecule has 1 aliphatic carbocycles. The lowest BCUT2D eigenvalue weighted by Gasteiger charge is -2.37. The first-order chi connectivity index (χ1) is 9.43. The minimum Gasteiger partial charge on any atom is -0.461 e. The summed E-state index contributed by atoms with van der Waals surface area (Å²) in [4.78, 5) is 15.0. The molecule has 0 unspecified atom stereocenters. The molecule has 1 fully saturated rings. The molecule has 1 aliphatic rings. The van der Waals surface area contributed by atoms with Gasteiger partial charge in [0.15, 0.2) is 0 Å². The van der Waals surface area contributed by atoms with Gasteiger partial charge in [-0.05, 0) is 61.5 Å². The van der Waals surface area contributed by atoms with E-state index in [0.29, 0.717) is 23.6 Å². The summed E-state index contributed by atoms with van der Waals surface area (Å²) in [6.07, 6.45) is 6.71. The maximum absolute atomic E-state index is 11.9. The number of esters is 1. The Hall–Kier alpha value is -1.25. The molecule has 0 aromatic carbocycles. The van der Waals surface area contributed by atoms with E-state index in [0.717, 1.165) is 11.5 Å². The zero-order chi connectivity index (χ0) is 14.8. The van der Waals surface area contributed by atoms with Gasteiger partial charge >= 0.3 is 5.97 Å². The van der Waals surface area contributed by atoms with Crippen LogP contribution in [-0.4, -0.2) is 17.6 Å². The molecular formula is C17H27NO2. The number of carbonyl (C=O) groups excluding carboxylic acids is 1. The second-order valence-corrected chi connectivity index (χ2v) is 6.94. The third kappa shape index (κ3) is 3.25. The third-order valence-corrected chi connectivity index (χ3v) is 4.65. The smallest absolute Gasteiger partial charge is 0.355 e. The average Bonchev–Trinajstić information content (AvgIpc) is 2.87. The number of hydrogen-bond acceptors (Lipinski definition) is 2. The van der Waals surface area contributed by atoms with Gasteiger partial charge in [-0.1, -0.05) is 20.8 Å². The van der Waals surface area contributed by atoms with E-state index in [1.807, 2.05) is 19.2 Å². The van der Waals surface area contributed by atoms with Gasteiger partial charge in [-0.2, -0.15) is 0 Å². The highest BCUT2D eigenvalue weighted by Crippen LogP contribution is 2.43. The largest absolute Gasteiger partial charge is 0.461 e. The first-order valence-electron chi connectivity index (χ1n) is 7.78. The second kappa shape index (κ2) is 6.02. The minimum absolute atomic E-state index is 0.217. The predicted octanol–water partition coefficient (Wildman–Crippen LogP) is 4.51. The molecule has 20 heavy (non-hydrogen) atoms. The molecule has 1 aromatic heterocycles. The lowest BCUT2D eigenvalue weighted by Crippen LogP contribution is -2.25. The molecule has 1 aromatic rings. The Balaban J connectivity index is 2.04. The van der Waals surface area contributed by atoms with Gasteiger partial charge in [-0.3, -0.25) is 0 Å². The SMILES string of the molecule is CCOC(=O)c1[nH]ccc1C1CCC(C(C)(C)C)CC1. The van der Waals surface area contributed by atoms with Crippen LogP contribution >= 0.6 is 0 Å². The lowest BCUT2D eigenvalue weighted by molar-refractivity contribution is 0.0517. The number of nitrogens with one attached hydrogen (secondary N) is 1. The van der Waals surface area contributed by atoms with Crippen molar-refractivity contribution >= 4 is 5.97 Å². The van der Waals surface area contributed by atoms with Crippen LogP contribution in [0.25, 0.3) is 0 Å². The topological polar surface area (TPSA) is 42.1 Å². The summed E-state index contributed by atoms with van der Waals surface area (Å²) in [6, 6.07) is 2.05. The highest BCUT2D eigenvalue weighted by atomic mass is 16.5. The highest BCUT2D eigenvalue weighted by Gasteiger charge is 2.32. The Bertz CT molecular complexity index is 448. The fourth-order valence-corrected chi connectivity index (χ4v) is 3.37. The van der Waals surface area contributed by atoms with E-state index in [4.69, 9.17) is 4.74 Å². The van der Waals surface area contributed by atoms with Crippen LogP contribution < -0.4 is 0 Å². The van der Waals surface area contributed by atoms with Crippen LogP contribution in [0.15, 0.2) is 12.3 Å². The predicted molar refractivity (Wildman–Crippen MR) is 80.9 cm³/mol. The monoisotopic (exact) mass is 277 g/mol. The van der Waals surface area contributed by atoms with Crippen molar-refractivity contribution in [2.45, 2.75) is 59.3 Å². The van der Waals surface area contributed by atoms with Gasteiger partial charge in [0.1, 0.15) is 5.69 Å². The fourth-order valence-electron chi connectivity index (χ4n) is 3.37. The molecule has 0 saturated heterocycles. The van der Waals surface area contributed by atoms with Crippen molar-refractivity contribution in [3.8, 4) is 0 Å². The van der Waals surface area contributed by atoms with Crippen molar-refractivity contribution in [3.05, 3.63) is 23.5 Å². The van der Waals surface area contributed by atoms with Gasteiger partial charge in [-0.15, -0.1) is 0 Å². The number of aromatic nitrogens is 1. The van der Waals surface area contributed by atoms with Crippen molar-refractivity contribution in [2.75, 3.05) is 6.61 Å². The van der Waals surface area contributed by atoms with Gasteiger partial charge in [0.05, 0.1) is 6.61 Å². The summed E-state index contributed by atoms with van der Waals surface area (Å²) in [5.41, 5.74) is 2.20. The first kappa shape index (κ1) is 15.1. The van der Waals surface area contributed by atoms with Crippen molar-refractivity contribution in [1.29, 1.82) is 0 Å². The zero-order valence-electron chi connectivity index (χ0n) is 13.2. The maximum Gasteiger partial charge on any atom is 0.355 e. The van der Waals surface area contributed by atoms with Crippen LogP contribution in [0, 0.1) is 11.3 Å². The highest BCUT2D eigenvalue weighted by molar-refractivity contribution is 5.89. The van der Waals surface area contributed by atoms with Gasteiger partial charge in [0.25, 0.3) is 0 Å². The van der Waals surface area contributed by atoms with E-state index in [1.165, 1.54) is 25.7 Å². The number of hydrogen-bond donors (Lipinski definition) is 1. The van der Waals surface area contributed by atoms with E-state index < -0.39 is 0 Å². The van der Waals surface area contributed by atoms with E-state index in [9.17, 15) is 4.79 Å². The molecular weight excluding hydrogens is 250 g/mol. The molecule has 2 rings (SSSR count). The van der Waals surface area contributed by atoms with Crippen LogP contribution in [0.4, 0.5) is 0 Å². The van der Waals surface area contributed by atoms with E-state index in [2.05, 4.69) is 25.8 Å². The molecule has 112 valence electrons. The molecule has 1 saturated carbocycles. The zero-order valence-corrected chi connectivity index (χ0v) is 13.2. The average molecular weight is 277 g/mol. The van der Waals surface area contributed by atoms with Crippen molar-refractivity contribution < 1.29 is 9.53 Å². The number of aromatic amines is 1. The Kier molecular flexibility index (Phi) is 4.56. The number of ether oxygens (including phenoxy) is 1. The maximum atomic E-state index is 11.9. The third-order valence-electron chi connectivity index (χ3n) is 4.65. The molecule has 0 atom stereocenters. The van der Waals surface area contributed by atoms with Gasteiger partial charge < -0.3 is 9.72 Å². The molecule has 3 nitrogen and oxygen atoms in total. The van der Waals surface area contributed by atoms with E-state index in [-0.39, 0.29) is 5.97 Å². The molecule has 0 radical (unpaired) electrons. The fraction of sp³-hybridized carbons (Fsp3) is 0.706. The molecule has 1 N–H and O–H groups in total. The van der Waals surface area contributed by atoms with Crippen LogP contribution in [-0.2, 0) is 4.74 Å². The Morgan fingerprint density at radius 3 is 2.50 bits per heavy atom. The molecule has 3 heteroatoms. The van der Waals surface area contributed by atoms with Crippen LogP contribution in [0.1, 0.15) is 75.3 Å². The van der Waals surface area contributed by atoms with Gasteiger partial charge in [-0.25, -0.2) is 4.79 Å². The second-order valence-electron chi connectivity index (χ2n) is 6.94. The molecule has 1 heterocycles. The summed E-state index contributed by atoms with van der Waals surface area (Å²) in [5, 5.41) is 0. The molecule has 0 spiro atoms. The number of carbonyl (C=O) groups is 1. The number of rotatable bonds is 3. The molecule has 0 aliphatic heterocycles. The van der Waals surface area contributed by atoms with Crippen LogP contribution in [0.2, 0.25) is 0 Å². The molecule has 0 bridgehead atoms. The lowest BCUT2D eigenvalue weighted by atomic mass is 9.68. The molecule has 0 amide bonds. The Morgan fingerprint density at radius 2 is 1.95 bits per heavy atom. The van der Waals surface area contributed by atoms with Crippen LogP contribution in [0.3, 0.4) is 0 Å². The van der Waals surface area contributed by atoms with Crippen molar-refractivity contribution in [2.24, 2.45) is 11.3 Å². The number of H-pyrrole nitrogens is 1. The van der Waals surface area contributed by atoms with Crippen LogP contribution in [0.5, 0.6) is 0 Å². The summed E-state index contributed by atoms with van der Waals surface area (Å²) < 4.78 is 5.12. The normalized spacial score (nSPS) is 23.6. The van der Waals surface area contributed by atoms with E-state index in [1.54, 1.807) is 0 Å². The summed E-state index contributed by atoms with van der Waals surface area (Å²) in [7, 11) is 0. The van der Waals surface area contributed by atoms with Crippen molar-refractivity contribution in [1.82, 2.24) is 4.98 Å². The van der Waals surface area contributed by atoms with E-state index >= 15 is 0 Å². The minimum atomic E-state index is -0.217. The van der Waals surface area contributed by atoms with Crippen molar-refractivity contribution in [3.63, 3.8) is 0 Å². The standard InChI is InChI=1S/C17H27NO2/c1-5-20-16(19)15-14(10-11-18-15)12-6-8-13(9-7-12)17(2,3)4/h10-13,18H,5-9H2,1-4H3. The Morgan fingerprint density at radius 1 is 1.30 bits per heavy atom. The first-order valence-corrected chi connectivity index (χ1v) is 7.78. The summed E-state index contributed by atoms with van der Waals surface area (Å²) in [6.45, 7) is 9.26. The van der Waals surface area contributed by atoms with Gasteiger partial charge in [0, 0.05) is 6.20 Å². The Labute approximate surface area is 122 Å². The quantitative estimate of drug-likeness (QED) is 0.826. The summed E-state index contributed by atoms with van der Waals surface area (Å²) >= 11 is 0.